The van der Waals surface area contributed by atoms with Crippen LogP contribution in [0, 0.1) is 0 Å². The number of carbonyl (C=O) groups excluding carboxylic acids is 1. The number of hydrogen-bond acceptors (Lipinski definition) is 2. The summed E-state index contributed by atoms with van der Waals surface area (Å²) in [6, 6.07) is 20.8. The van der Waals surface area contributed by atoms with E-state index in [0.717, 1.165) is 24.1 Å². The molecule has 2 aromatic carbocycles. The van der Waals surface area contributed by atoms with Gasteiger partial charge in [-0.3, -0.25) is 9.78 Å². The highest BCUT2D eigenvalue weighted by molar-refractivity contribution is 5.85. The monoisotopic (exact) mass is 330 g/mol. The standard InChI is InChI=1S/C22H22N2O/c1-16(21-8-4-5-13-23-21)24(20-11-12-20)22(25)15-17-9-10-18-6-2-3-7-19(18)14-17/h2-10,13-14,16,20H,11-12,15H2,1H3/t16-/m1/s1. The van der Waals surface area contributed by atoms with Crippen molar-refractivity contribution < 1.29 is 4.79 Å². The van der Waals surface area contributed by atoms with Crippen molar-refractivity contribution in [3.63, 3.8) is 0 Å². The second-order valence-corrected chi connectivity index (χ2v) is 6.82. The van der Waals surface area contributed by atoms with Gasteiger partial charge in [-0.15, -0.1) is 0 Å². The number of fused-ring (bicyclic) bond motifs is 1. The lowest BCUT2D eigenvalue weighted by atomic mass is 10.0. The van der Waals surface area contributed by atoms with Crippen molar-refractivity contribution in [2.24, 2.45) is 0 Å². The molecule has 1 aliphatic carbocycles. The third-order valence-corrected chi connectivity index (χ3v) is 4.93. The van der Waals surface area contributed by atoms with Crippen LogP contribution in [0.1, 0.15) is 37.1 Å². The van der Waals surface area contributed by atoms with Gasteiger partial charge in [-0.2, -0.15) is 0 Å². The summed E-state index contributed by atoms with van der Waals surface area (Å²) in [5.74, 6) is 0.191. The van der Waals surface area contributed by atoms with E-state index in [2.05, 4.69) is 42.2 Å². The Balaban J connectivity index is 1.56. The fourth-order valence-electron chi connectivity index (χ4n) is 3.47. The summed E-state index contributed by atoms with van der Waals surface area (Å²) in [6.45, 7) is 2.08. The fourth-order valence-corrected chi connectivity index (χ4v) is 3.47. The Morgan fingerprint density at radius 1 is 1.08 bits per heavy atom. The van der Waals surface area contributed by atoms with E-state index >= 15 is 0 Å². The van der Waals surface area contributed by atoms with Crippen molar-refractivity contribution in [3.05, 3.63) is 78.1 Å². The Morgan fingerprint density at radius 3 is 2.56 bits per heavy atom. The maximum atomic E-state index is 13.0. The molecule has 3 aromatic rings. The highest BCUT2D eigenvalue weighted by atomic mass is 16.2. The van der Waals surface area contributed by atoms with Crippen LogP contribution in [-0.4, -0.2) is 21.8 Å². The second-order valence-electron chi connectivity index (χ2n) is 6.82. The minimum Gasteiger partial charge on any atom is -0.331 e. The van der Waals surface area contributed by atoms with Gasteiger partial charge in [0.25, 0.3) is 0 Å². The minimum atomic E-state index is 0.0154. The van der Waals surface area contributed by atoms with Gasteiger partial charge in [0.05, 0.1) is 18.2 Å². The summed E-state index contributed by atoms with van der Waals surface area (Å²) in [7, 11) is 0. The first-order valence-electron chi connectivity index (χ1n) is 8.92. The molecule has 0 N–H and O–H groups in total. The zero-order valence-corrected chi connectivity index (χ0v) is 14.4. The van der Waals surface area contributed by atoms with Crippen LogP contribution in [0.15, 0.2) is 66.9 Å². The highest BCUT2D eigenvalue weighted by Crippen LogP contribution is 2.34. The van der Waals surface area contributed by atoms with E-state index in [1.165, 1.54) is 10.8 Å². The Kier molecular flexibility index (Phi) is 4.22. The molecule has 1 aromatic heterocycles. The SMILES string of the molecule is C[C@H](c1ccccn1)N(C(=O)Cc1ccc2ccccc2c1)C1CC1. The molecule has 1 heterocycles. The van der Waals surface area contributed by atoms with Crippen molar-refractivity contribution in [1.29, 1.82) is 0 Å². The Hall–Kier alpha value is -2.68. The predicted molar refractivity (Wildman–Crippen MR) is 100 cm³/mol. The van der Waals surface area contributed by atoms with Crippen LogP contribution in [0.5, 0.6) is 0 Å². The molecule has 3 nitrogen and oxygen atoms in total. The van der Waals surface area contributed by atoms with E-state index in [1.54, 1.807) is 6.20 Å². The summed E-state index contributed by atoms with van der Waals surface area (Å²) in [4.78, 5) is 19.5. The molecule has 1 saturated carbocycles. The molecule has 0 unspecified atom stereocenters. The van der Waals surface area contributed by atoms with Crippen molar-refractivity contribution in [3.8, 4) is 0 Å². The molecule has 1 aliphatic rings. The van der Waals surface area contributed by atoms with Crippen LogP contribution in [0.2, 0.25) is 0 Å². The van der Waals surface area contributed by atoms with Gasteiger partial charge >= 0.3 is 0 Å². The lowest BCUT2D eigenvalue weighted by molar-refractivity contribution is -0.133. The maximum absolute atomic E-state index is 13.0. The topological polar surface area (TPSA) is 33.2 Å². The summed E-state index contributed by atoms with van der Waals surface area (Å²) in [5, 5.41) is 2.39. The molecule has 4 rings (SSSR count). The van der Waals surface area contributed by atoms with Crippen molar-refractivity contribution in [2.45, 2.75) is 38.3 Å². The number of pyridine rings is 1. The van der Waals surface area contributed by atoms with Gasteiger partial charge in [0.15, 0.2) is 0 Å². The molecular weight excluding hydrogens is 308 g/mol. The molecular formula is C22H22N2O. The average Bonchev–Trinajstić information content (AvgIpc) is 3.47. The van der Waals surface area contributed by atoms with E-state index in [0.29, 0.717) is 12.5 Å². The van der Waals surface area contributed by atoms with E-state index in [9.17, 15) is 4.79 Å². The highest BCUT2D eigenvalue weighted by Gasteiger charge is 2.36. The molecule has 0 saturated heterocycles. The third-order valence-electron chi connectivity index (χ3n) is 4.93. The first-order chi connectivity index (χ1) is 12.2. The van der Waals surface area contributed by atoms with Crippen LogP contribution >= 0.6 is 0 Å². The molecule has 0 aliphatic heterocycles. The summed E-state index contributed by atoms with van der Waals surface area (Å²) >= 11 is 0. The van der Waals surface area contributed by atoms with Gasteiger partial charge in [-0.25, -0.2) is 0 Å². The van der Waals surface area contributed by atoms with Crippen molar-refractivity contribution in [1.82, 2.24) is 9.88 Å². The van der Waals surface area contributed by atoms with Crippen LogP contribution < -0.4 is 0 Å². The normalized spacial score (nSPS) is 15.1. The molecule has 1 fully saturated rings. The number of nitrogens with zero attached hydrogens (tertiary/aromatic N) is 2. The molecule has 25 heavy (non-hydrogen) atoms. The number of rotatable bonds is 5. The van der Waals surface area contributed by atoms with E-state index in [4.69, 9.17) is 0 Å². The van der Waals surface area contributed by atoms with Crippen LogP contribution in [0.3, 0.4) is 0 Å². The van der Waals surface area contributed by atoms with Crippen molar-refractivity contribution >= 4 is 16.7 Å². The predicted octanol–water partition coefficient (Wildman–Crippen LogP) is 4.53. The van der Waals surface area contributed by atoms with Gasteiger partial charge in [0, 0.05) is 12.2 Å². The number of benzene rings is 2. The third kappa shape index (κ3) is 3.41. The molecule has 3 heteroatoms. The summed E-state index contributed by atoms with van der Waals surface area (Å²) in [6.07, 6.45) is 4.44. The minimum absolute atomic E-state index is 0.0154. The van der Waals surface area contributed by atoms with Gasteiger partial charge in [-0.05, 0) is 48.2 Å². The number of carbonyl (C=O) groups is 1. The van der Waals surface area contributed by atoms with Gasteiger partial charge in [0.2, 0.25) is 5.91 Å². The van der Waals surface area contributed by atoms with E-state index < -0.39 is 0 Å². The molecule has 0 spiro atoms. The number of amides is 1. The van der Waals surface area contributed by atoms with Gasteiger partial charge < -0.3 is 4.90 Å². The van der Waals surface area contributed by atoms with Gasteiger partial charge in [-0.1, -0.05) is 48.5 Å². The Bertz CT molecular complexity index is 887. The second kappa shape index (κ2) is 6.67. The van der Waals surface area contributed by atoms with Crippen LogP contribution in [0.25, 0.3) is 10.8 Å². The number of aromatic nitrogens is 1. The van der Waals surface area contributed by atoms with Crippen molar-refractivity contribution in [2.75, 3.05) is 0 Å². The first kappa shape index (κ1) is 15.8. The zero-order valence-electron chi connectivity index (χ0n) is 14.4. The average molecular weight is 330 g/mol. The lowest BCUT2D eigenvalue weighted by Gasteiger charge is -2.29. The van der Waals surface area contributed by atoms with Crippen LogP contribution in [-0.2, 0) is 11.2 Å². The fraction of sp³-hybridized carbons (Fsp3) is 0.273. The Labute approximate surface area is 148 Å². The molecule has 1 atom stereocenters. The smallest absolute Gasteiger partial charge is 0.227 e. The summed E-state index contributed by atoms with van der Waals surface area (Å²) < 4.78 is 0. The van der Waals surface area contributed by atoms with Crippen LogP contribution in [0.4, 0.5) is 0 Å². The maximum Gasteiger partial charge on any atom is 0.227 e. The summed E-state index contributed by atoms with van der Waals surface area (Å²) in [5.41, 5.74) is 2.03. The largest absolute Gasteiger partial charge is 0.331 e. The Morgan fingerprint density at radius 2 is 1.84 bits per heavy atom. The van der Waals surface area contributed by atoms with Gasteiger partial charge in [0.1, 0.15) is 0 Å². The first-order valence-corrected chi connectivity index (χ1v) is 8.92. The number of hydrogen-bond donors (Lipinski definition) is 0. The molecule has 126 valence electrons. The lowest BCUT2D eigenvalue weighted by Crippen LogP contribution is -2.37. The molecule has 1 amide bonds. The molecule has 0 bridgehead atoms. The molecule has 0 radical (unpaired) electrons. The quantitative estimate of drug-likeness (QED) is 0.688. The zero-order chi connectivity index (χ0) is 17.2. The van der Waals surface area contributed by atoms with E-state index in [-0.39, 0.29) is 11.9 Å². The van der Waals surface area contributed by atoms with E-state index in [1.807, 2.05) is 35.2 Å².